The van der Waals surface area contributed by atoms with Crippen LogP contribution >= 0.6 is 0 Å². The molecule has 2 aliphatic rings. The molecule has 5 rings (SSSR count). The molecule has 1 heterocycles. The van der Waals surface area contributed by atoms with Crippen molar-refractivity contribution >= 4 is 23.1 Å². The van der Waals surface area contributed by atoms with E-state index in [2.05, 4.69) is 79.5 Å². The molecule has 0 unspecified atom stereocenters. The van der Waals surface area contributed by atoms with Crippen LogP contribution in [0.5, 0.6) is 0 Å². The van der Waals surface area contributed by atoms with E-state index in [0.29, 0.717) is 0 Å². The molecule has 1 aromatic heterocycles. The molecule has 0 aliphatic heterocycles. The average molecular weight is 297 g/mol. The molecule has 2 aliphatic carbocycles. The van der Waals surface area contributed by atoms with E-state index in [1.165, 1.54) is 44.4 Å². The number of hydrogen-bond donors (Lipinski definition) is 1. The summed E-state index contributed by atoms with van der Waals surface area (Å²) in [5.41, 5.74) is 9.56. The molecular formula is C22H19N. The standard InChI is InChI=1S/C22H19N/c1-22(2)9-7-17-19-13-18-15(11-14-5-3-4-6-16(14)18)12-21(19)23-20(17)8-10-22/h3-10,12-13,23H,11H2,1-2H3. The summed E-state index contributed by atoms with van der Waals surface area (Å²) in [7, 11) is 0. The average Bonchev–Trinajstić information content (AvgIpc) is 3.01. The second-order valence-corrected chi connectivity index (χ2v) is 7.33. The lowest BCUT2D eigenvalue weighted by Crippen LogP contribution is -2.00. The first-order chi connectivity index (χ1) is 11.1. The molecule has 0 spiro atoms. The highest BCUT2D eigenvalue weighted by atomic mass is 14.7. The topological polar surface area (TPSA) is 15.8 Å². The summed E-state index contributed by atoms with van der Waals surface area (Å²) in [5.74, 6) is 0. The third kappa shape index (κ3) is 1.86. The van der Waals surface area contributed by atoms with Crippen LogP contribution in [-0.2, 0) is 6.42 Å². The summed E-state index contributed by atoms with van der Waals surface area (Å²) < 4.78 is 0. The van der Waals surface area contributed by atoms with E-state index in [0.717, 1.165) is 6.42 Å². The molecule has 0 amide bonds. The smallest absolute Gasteiger partial charge is 0.0468 e. The minimum absolute atomic E-state index is 0.107. The van der Waals surface area contributed by atoms with E-state index < -0.39 is 0 Å². The van der Waals surface area contributed by atoms with Crippen LogP contribution in [0, 0.1) is 5.41 Å². The Kier molecular flexibility index (Phi) is 2.40. The van der Waals surface area contributed by atoms with Gasteiger partial charge in [0, 0.05) is 27.6 Å². The zero-order chi connectivity index (χ0) is 15.6. The Morgan fingerprint density at radius 3 is 2.65 bits per heavy atom. The third-order valence-electron chi connectivity index (χ3n) is 5.14. The molecule has 23 heavy (non-hydrogen) atoms. The number of aromatic amines is 1. The van der Waals surface area contributed by atoms with Gasteiger partial charge in [0.05, 0.1) is 0 Å². The number of H-pyrrole nitrogens is 1. The van der Waals surface area contributed by atoms with E-state index in [9.17, 15) is 0 Å². The summed E-state index contributed by atoms with van der Waals surface area (Å²) in [6, 6.07) is 13.5. The van der Waals surface area contributed by atoms with Gasteiger partial charge in [0.1, 0.15) is 0 Å². The second kappa shape index (κ2) is 4.26. The minimum atomic E-state index is 0.107. The summed E-state index contributed by atoms with van der Waals surface area (Å²) in [5, 5.41) is 1.33. The number of aromatic nitrogens is 1. The van der Waals surface area contributed by atoms with Crippen molar-refractivity contribution < 1.29 is 0 Å². The zero-order valence-electron chi connectivity index (χ0n) is 13.5. The maximum atomic E-state index is 3.61. The lowest BCUT2D eigenvalue weighted by molar-refractivity contribution is 0.633. The Balaban J connectivity index is 1.78. The maximum absolute atomic E-state index is 3.61. The predicted octanol–water partition coefficient (Wildman–Crippen LogP) is 5.81. The Hall–Kier alpha value is -2.54. The normalized spacial score (nSPS) is 17.0. The first-order valence-corrected chi connectivity index (χ1v) is 8.26. The number of nitrogens with one attached hydrogen (secondary N) is 1. The quantitative estimate of drug-likeness (QED) is 0.422. The highest BCUT2D eigenvalue weighted by molar-refractivity contribution is 5.98. The SMILES string of the molecule is CC1(C)C=Cc2[nH]c3cc4c(cc3c2C=C1)-c1ccccc1C4. The lowest BCUT2D eigenvalue weighted by atomic mass is 9.93. The van der Waals surface area contributed by atoms with Crippen LogP contribution in [0.1, 0.15) is 36.2 Å². The van der Waals surface area contributed by atoms with E-state index in [4.69, 9.17) is 0 Å². The highest BCUT2D eigenvalue weighted by Gasteiger charge is 2.21. The van der Waals surface area contributed by atoms with Crippen molar-refractivity contribution in [3.05, 3.63) is 70.9 Å². The van der Waals surface area contributed by atoms with Gasteiger partial charge in [-0.2, -0.15) is 0 Å². The van der Waals surface area contributed by atoms with Gasteiger partial charge in [-0.25, -0.2) is 0 Å². The zero-order valence-corrected chi connectivity index (χ0v) is 13.5. The molecule has 0 atom stereocenters. The number of benzene rings is 2. The summed E-state index contributed by atoms with van der Waals surface area (Å²) >= 11 is 0. The van der Waals surface area contributed by atoms with Gasteiger partial charge >= 0.3 is 0 Å². The van der Waals surface area contributed by atoms with Gasteiger partial charge < -0.3 is 4.98 Å². The van der Waals surface area contributed by atoms with Crippen LogP contribution in [0.15, 0.2) is 48.6 Å². The molecule has 0 saturated heterocycles. The van der Waals surface area contributed by atoms with E-state index in [-0.39, 0.29) is 5.41 Å². The summed E-state index contributed by atoms with van der Waals surface area (Å²) in [6.07, 6.45) is 10.1. The number of hydrogen-bond acceptors (Lipinski definition) is 0. The molecule has 3 aromatic rings. The Bertz CT molecular complexity index is 1010. The van der Waals surface area contributed by atoms with Crippen LogP contribution in [0.25, 0.3) is 34.2 Å². The lowest BCUT2D eigenvalue weighted by Gasteiger charge is -2.12. The minimum Gasteiger partial charge on any atom is -0.355 e. The van der Waals surface area contributed by atoms with Gasteiger partial charge in [0.2, 0.25) is 0 Å². The van der Waals surface area contributed by atoms with E-state index >= 15 is 0 Å². The summed E-state index contributed by atoms with van der Waals surface area (Å²) in [4.78, 5) is 3.61. The molecule has 0 saturated carbocycles. The summed E-state index contributed by atoms with van der Waals surface area (Å²) in [6.45, 7) is 4.48. The number of rotatable bonds is 0. The molecule has 0 fully saturated rings. The monoisotopic (exact) mass is 297 g/mol. The molecule has 112 valence electrons. The molecular weight excluding hydrogens is 278 g/mol. The fraction of sp³-hybridized carbons (Fsp3) is 0.182. The van der Waals surface area contributed by atoms with Gasteiger partial charge in [0.25, 0.3) is 0 Å². The predicted molar refractivity (Wildman–Crippen MR) is 98.4 cm³/mol. The molecule has 0 bridgehead atoms. The van der Waals surface area contributed by atoms with Crippen molar-refractivity contribution in [3.63, 3.8) is 0 Å². The van der Waals surface area contributed by atoms with Crippen LogP contribution in [0.2, 0.25) is 0 Å². The Morgan fingerprint density at radius 1 is 0.913 bits per heavy atom. The van der Waals surface area contributed by atoms with Crippen molar-refractivity contribution in [2.45, 2.75) is 20.3 Å². The van der Waals surface area contributed by atoms with Gasteiger partial charge in [-0.05, 0) is 46.9 Å². The fourth-order valence-corrected chi connectivity index (χ4v) is 3.83. The van der Waals surface area contributed by atoms with Crippen LogP contribution < -0.4 is 0 Å². The van der Waals surface area contributed by atoms with Crippen molar-refractivity contribution in [3.8, 4) is 11.1 Å². The van der Waals surface area contributed by atoms with Crippen molar-refractivity contribution in [2.75, 3.05) is 0 Å². The largest absolute Gasteiger partial charge is 0.355 e. The van der Waals surface area contributed by atoms with Gasteiger partial charge in [-0.3, -0.25) is 0 Å². The van der Waals surface area contributed by atoms with Gasteiger partial charge in [-0.1, -0.05) is 56.3 Å². The first-order valence-electron chi connectivity index (χ1n) is 8.26. The molecule has 1 N–H and O–H groups in total. The van der Waals surface area contributed by atoms with E-state index in [1.807, 2.05) is 0 Å². The fourth-order valence-electron chi connectivity index (χ4n) is 3.83. The number of allylic oxidation sites excluding steroid dienone is 2. The van der Waals surface area contributed by atoms with Crippen LogP contribution in [0.4, 0.5) is 0 Å². The second-order valence-electron chi connectivity index (χ2n) is 7.33. The molecule has 1 nitrogen and oxygen atoms in total. The molecule has 2 aromatic carbocycles. The van der Waals surface area contributed by atoms with Gasteiger partial charge in [-0.15, -0.1) is 0 Å². The highest BCUT2D eigenvalue weighted by Crippen LogP contribution is 2.41. The Morgan fingerprint density at radius 2 is 1.74 bits per heavy atom. The molecule has 1 heteroatoms. The van der Waals surface area contributed by atoms with Crippen LogP contribution in [-0.4, -0.2) is 4.98 Å². The Labute approximate surface area is 136 Å². The first kappa shape index (κ1) is 13.0. The maximum Gasteiger partial charge on any atom is 0.0468 e. The van der Waals surface area contributed by atoms with Gasteiger partial charge in [0.15, 0.2) is 0 Å². The molecule has 0 radical (unpaired) electrons. The van der Waals surface area contributed by atoms with Crippen molar-refractivity contribution in [1.82, 2.24) is 4.98 Å². The van der Waals surface area contributed by atoms with E-state index in [1.54, 1.807) is 0 Å². The van der Waals surface area contributed by atoms with Crippen LogP contribution in [0.3, 0.4) is 0 Å². The number of fused-ring (bicyclic) bond motifs is 6. The van der Waals surface area contributed by atoms with Crippen molar-refractivity contribution in [1.29, 1.82) is 0 Å². The third-order valence-corrected chi connectivity index (χ3v) is 5.14. The van der Waals surface area contributed by atoms with Crippen molar-refractivity contribution in [2.24, 2.45) is 5.41 Å².